The normalized spacial score (nSPS) is 23.2. The summed E-state index contributed by atoms with van der Waals surface area (Å²) in [5.74, 6) is 1.16. The fourth-order valence-corrected chi connectivity index (χ4v) is 3.11. The summed E-state index contributed by atoms with van der Waals surface area (Å²) >= 11 is 0. The SMILES string of the molecule is CCC(CO)N1CCN(C(=O)CCC2CCC2)CC1. The van der Waals surface area contributed by atoms with Crippen molar-refractivity contribution in [1.82, 2.24) is 9.80 Å². The molecule has 110 valence electrons. The summed E-state index contributed by atoms with van der Waals surface area (Å²) in [6.07, 6.45) is 6.82. The van der Waals surface area contributed by atoms with Crippen LogP contribution in [0.3, 0.4) is 0 Å². The minimum Gasteiger partial charge on any atom is -0.395 e. The molecule has 2 fully saturated rings. The van der Waals surface area contributed by atoms with E-state index in [2.05, 4.69) is 11.8 Å². The Kier molecular flexibility index (Phi) is 5.64. The third-order valence-corrected chi connectivity index (χ3v) is 4.86. The number of nitrogens with zero attached hydrogens (tertiary/aromatic N) is 2. The highest BCUT2D eigenvalue weighted by atomic mass is 16.3. The smallest absolute Gasteiger partial charge is 0.222 e. The lowest BCUT2D eigenvalue weighted by molar-refractivity contribution is -0.133. The molecular weight excluding hydrogens is 240 g/mol. The largest absolute Gasteiger partial charge is 0.395 e. The molecule has 1 unspecified atom stereocenters. The van der Waals surface area contributed by atoms with Crippen LogP contribution in [-0.2, 0) is 4.79 Å². The van der Waals surface area contributed by atoms with Crippen LogP contribution in [0.25, 0.3) is 0 Å². The monoisotopic (exact) mass is 268 g/mol. The fraction of sp³-hybridized carbons (Fsp3) is 0.933. The van der Waals surface area contributed by atoms with E-state index < -0.39 is 0 Å². The van der Waals surface area contributed by atoms with E-state index in [1.54, 1.807) is 0 Å². The van der Waals surface area contributed by atoms with Gasteiger partial charge in [-0.25, -0.2) is 0 Å². The summed E-state index contributed by atoms with van der Waals surface area (Å²) < 4.78 is 0. The number of amides is 1. The minimum absolute atomic E-state index is 0.228. The van der Waals surface area contributed by atoms with Gasteiger partial charge in [0.15, 0.2) is 0 Å². The van der Waals surface area contributed by atoms with Crippen molar-refractivity contribution in [2.75, 3.05) is 32.8 Å². The molecule has 1 aliphatic heterocycles. The Labute approximate surface area is 116 Å². The number of aliphatic hydroxyl groups is 1. The fourth-order valence-electron chi connectivity index (χ4n) is 3.11. The van der Waals surface area contributed by atoms with Gasteiger partial charge in [0.25, 0.3) is 0 Å². The quantitative estimate of drug-likeness (QED) is 0.793. The van der Waals surface area contributed by atoms with Crippen molar-refractivity contribution in [2.24, 2.45) is 5.92 Å². The Hall–Kier alpha value is -0.610. The molecule has 19 heavy (non-hydrogen) atoms. The molecule has 1 atom stereocenters. The van der Waals surface area contributed by atoms with Gasteiger partial charge in [-0.3, -0.25) is 9.69 Å². The Bertz CT molecular complexity index is 280. The van der Waals surface area contributed by atoms with Gasteiger partial charge >= 0.3 is 0 Å². The van der Waals surface area contributed by atoms with Crippen molar-refractivity contribution in [3.05, 3.63) is 0 Å². The zero-order valence-corrected chi connectivity index (χ0v) is 12.2. The van der Waals surface area contributed by atoms with Crippen molar-refractivity contribution in [3.8, 4) is 0 Å². The number of piperazine rings is 1. The molecule has 1 aliphatic carbocycles. The highest BCUT2D eigenvalue weighted by Gasteiger charge is 2.25. The van der Waals surface area contributed by atoms with Crippen molar-refractivity contribution >= 4 is 5.91 Å². The van der Waals surface area contributed by atoms with E-state index in [1.807, 2.05) is 4.90 Å². The molecule has 2 rings (SSSR count). The molecule has 0 aromatic carbocycles. The van der Waals surface area contributed by atoms with Crippen molar-refractivity contribution in [2.45, 2.75) is 51.5 Å². The van der Waals surface area contributed by atoms with Crippen LogP contribution >= 0.6 is 0 Å². The first-order valence-corrected chi connectivity index (χ1v) is 7.87. The van der Waals surface area contributed by atoms with E-state index in [9.17, 15) is 9.90 Å². The highest BCUT2D eigenvalue weighted by molar-refractivity contribution is 5.76. The van der Waals surface area contributed by atoms with Crippen LogP contribution < -0.4 is 0 Å². The lowest BCUT2D eigenvalue weighted by atomic mass is 9.82. The second-order valence-electron chi connectivity index (χ2n) is 6.00. The molecule has 1 saturated carbocycles. The van der Waals surface area contributed by atoms with Crippen LogP contribution in [-0.4, -0.2) is 59.6 Å². The summed E-state index contributed by atoms with van der Waals surface area (Å²) in [6, 6.07) is 0.271. The molecule has 0 bridgehead atoms. The number of carbonyl (C=O) groups excluding carboxylic acids is 1. The van der Waals surface area contributed by atoms with Crippen molar-refractivity contribution in [3.63, 3.8) is 0 Å². The molecule has 0 aromatic heterocycles. The van der Waals surface area contributed by atoms with Gasteiger partial charge in [0.2, 0.25) is 5.91 Å². The number of rotatable bonds is 6. The number of hydrogen-bond acceptors (Lipinski definition) is 3. The van der Waals surface area contributed by atoms with Gasteiger partial charge < -0.3 is 10.0 Å². The maximum atomic E-state index is 12.1. The van der Waals surface area contributed by atoms with Gasteiger partial charge in [0.05, 0.1) is 6.61 Å². The van der Waals surface area contributed by atoms with Gasteiger partial charge in [0.1, 0.15) is 0 Å². The minimum atomic E-state index is 0.228. The molecule has 2 aliphatic rings. The van der Waals surface area contributed by atoms with Gasteiger partial charge in [-0.2, -0.15) is 0 Å². The summed E-state index contributed by atoms with van der Waals surface area (Å²) in [7, 11) is 0. The molecule has 1 N–H and O–H groups in total. The average Bonchev–Trinajstić information content (AvgIpc) is 2.39. The summed E-state index contributed by atoms with van der Waals surface area (Å²) in [5.41, 5.74) is 0. The molecule has 0 spiro atoms. The number of aliphatic hydroxyl groups excluding tert-OH is 1. The van der Waals surface area contributed by atoms with Crippen LogP contribution in [0.2, 0.25) is 0 Å². The first-order valence-electron chi connectivity index (χ1n) is 7.87. The standard InChI is InChI=1S/C15H28N2O2/c1-2-14(12-18)16-8-10-17(11-9-16)15(19)7-6-13-4-3-5-13/h13-14,18H,2-12H2,1H3. The van der Waals surface area contributed by atoms with Crippen molar-refractivity contribution in [1.29, 1.82) is 0 Å². The Balaban J connectivity index is 1.68. The molecule has 0 aromatic rings. The molecule has 4 heteroatoms. The van der Waals surface area contributed by atoms with Crippen LogP contribution in [0.4, 0.5) is 0 Å². The number of carbonyl (C=O) groups is 1. The van der Waals surface area contributed by atoms with E-state index >= 15 is 0 Å². The molecule has 4 nitrogen and oxygen atoms in total. The lowest BCUT2D eigenvalue weighted by Crippen LogP contribution is -2.52. The van der Waals surface area contributed by atoms with Crippen molar-refractivity contribution < 1.29 is 9.90 Å². The van der Waals surface area contributed by atoms with Crippen LogP contribution in [0.15, 0.2) is 0 Å². The zero-order chi connectivity index (χ0) is 13.7. The summed E-state index contributed by atoms with van der Waals surface area (Å²) in [6.45, 7) is 5.83. The third-order valence-electron chi connectivity index (χ3n) is 4.86. The van der Waals surface area contributed by atoms with Crippen LogP contribution in [0.1, 0.15) is 45.4 Å². The second kappa shape index (κ2) is 7.25. The summed E-state index contributed by atoms with van der Waals surface area (Å²) in [5, 5.41) is 9.31. The summed E-state index contributed by atoms with van der Waals surface area (Å²) in [4.78, 5) is 16.4. The molecule has 1 amide bonds. The Morgan fingerprint density at radius 3 is 2.42 bits per heavy atom. The Morgan fingerprint density at radius 2 is 1.95 bits per heavy atom. The molecular formula is C15H28N2O2. The molecule has 1 saturated heterocycles. The average molecular weight is 268 g/mol. The van der Waals surface area contributed by atoms with E-state index in [0.717, 1.165) is 51.4 Å². The lowest BCUT2D eigenvalue weighted by Gasteiger charge is -2.38. The van der Waals surface area contributed by atoms with Gasteiger partial charge in [-0.15, -0.1) is 0 Å². The van der Waals surface area contributed by atoms with E-state index in [0.29, 0.717) is 5.91 Å². The van der Waals surface area contributed by atoms with E-state index in [1.165, 1.54) is 19.3 Å². The maximum Gasteiger partial charge on any atom is 0.222 e. The first kappa shape index (κ1) is 14.8. The van der Waals surface area contributed by atoms with Gasteiger partial charge in [-0.1, -0.05) is 26.2 Å². The topological polar surface area (TPSA) is 43.8 Å². The van der Waals surface area contributed by atoms with Crippen LogP contribution in [0.5, 0.6) is 0 Å². The van der Waals surface area contributed by atoms with Gasteiger partial charge in [0, 0.05) is 38.6 Å². The maximum absolute atomic E-state index is 12.1. The van der Waals surface area contributed by atoms with E-state index in [-0.39, 0.29) is 12.6 Å². The molecule has 0 radical (unpaired) electrons. The van der Waals surface area contributed by atoms with Gasteiger partial charge in [-0.05, 0) is 18.8 Å². The zero-order valence-electron chi connectivity index (χ0n) is 12.2. The molecule has 1 heterocycles. The van der Waals surface area contributed by atoms with E-state index in [4.69, 9.17) is 0 Å². The predicted molar refractivity (Wildman–Crippen MR) is 75.9 cm³/mol. The first-order chi connectivity index (χ1) is 9.24. The highest BCUT2D eigenvalue weighted by Crippen LogP contribution is 2.30. The van der Waals surface area contributed by atoms with Crippen LogP contribution in [0, 0.1) is 5.92 Å². The number of hydrogen-bond donors (Lipinski definition) is 1. The third kappa shape index (κ3) is 3.93. The second-order valence-corrected chi connectivity index (χ2v) is 6.00. The Morgan fingerprint density at radius 1 is 1.26 bits per heavy atom. The predicted octanol–water partition coefficient (Wildman–Crippen LogP) is 1.48.